The molecule has 11 heteroatoms. The fourth-order valence-electron chi connectivity index (χ4n) is 4.01. The molecular formula is C24H27N3O8. The number of non-ortho nitro benzene ring substituents is 1. The minimum absolute atomic E-state index is 0.0140. The molecule has 0 aromatic heterocycles. The topological polar surface area (TPSA) is 130 Å². The number of hydrogen-bond acceptors (Lipinski definition) is 8. The Bertz CT molecular complexity index is 1110. The minimum atomic E-state index is -1.84. The summed E-state index contributed by atoms with van der Waals surface area (Å²) < 4.78 is 15.4. The Balaban J connectivity index is 2.27. The lowest BCUT2D eigenvalue weighted by Gasteiger charge is -2.52. The number of benzene rings is 1. The van der Waals surface area contributed by atoms with Gasteiger partial charge in [0.05, 0.1) is 12.0 Å². The SMILES string of the molecule is [C-]#[N+][C@@]1(C(C)(C)OC(=O)OCc2ccc([N+](=O)[O-])cc2)C(=O)N(C(C(=O)OC)=C(C)C)[C@@H]1CC=C. The molecule has 2 rings (SSSR count). The Hall–Kier alpha value is -4.20. The maximum absolute atomic E-state index is 13.4. The average Bonchev–Trinajstić information content (AvgIpc) is 2.80. The van der Waals surface area contributed by atoms with Gasteiger partial charge in [-0.3, -0.25) is 24.7 Å². The summed E-state index contributed by atoms with van der Waals surface area (Å²) in [6.45, 7) is 17.4. The molecule has 0 saturated carbocycles. The maximum Gasteiger partial charge on any atom is 0.509 e. The Morgan fingerprint density at radius 1 is 1.31 bits per heavy atom. The van der Waals surface area contributed by atoms with E-state index < -0.39 is 40.1 Å². The number of esters is 1. The van der Waals surface area contributed by atoms with Crippen molar-refractivity contribution < 1.29 is 33.5 Å². The van der Waals surface area contributed by atoms with Crippen molar-refractivity contribution in [2.45, 2.75) is 57.9 Å². The van der Waals surface area contributed by atoms with Gasteiger partial charge in [-0.15, -0.1) is 6.58 Å². The average molecular weight is 485 g/mol. The molecule has 1 aliphatic heterocycles. The highest BCUT2D eigenvalue weighted by atomic mass is 16.7. The standard InChI is InChI=1S/C24H27N3O8/c1-8-9-18-24(25-6,21(29)26(18)19(15(2)3)20(28)33-7)23(4,5)35-22(30)34-14-16-10-12-17(13-11-16)27(31)32/h8,10-13,18H,1,9,14H2,2-5,7H3/t18-,24-/m1/s1. The number of rotatable bonds is 9. The van der Waals surface area contributed by atoms with Crippen LogP contribution in [-0.4, -0.2) is 52.1 Å². The molecule has 1 saturated heterocycles. The fourth-order valence-corrected chi connectivity index (χ4v) is 4.01. The van der Waals surface area contributed by atoms with E-state index in [0.717, 1.165) is 0 Å². The van der Waals surface area contributed by atoms with Crippen LogP contribution < -0.4 is 0 Å². The predicted molar refractivity (Wildman–Crippen MR) is 124 cm³/mol. The summed E-state index contributed by atoms with van der Waals surface area (Å²) in [4.78, 5) is 53.2. The minimum Gasteiger partial charge on any atom is -0.464 e. The summed E-state index contributed by atoms with van der Waals surface area (Å²) in [5.74, 6) is -1.44. The molecule has 1 aliphatic rings. The van der Waals surface area contributed by atoms with Crippen LogP contribution in [0.2, 0.25) is 0 Å². The summed E-state index contributed by atoms with van der Waals surface area (Å²) in [5.41, 5.74) is -2.60. The number of likely N-dealkylation sites (tertiary alicyclic amines) is 1. The van der Waals surface area contributed by atoms with Crippen molar-refractivity contribution in [3.8, 4) is 0 Å². The lowest BCUT2D eigenvalue weighted by Crippen LogP contribution is -2.79. The molecule has 0 N–H and O–H groups in total. The summed E-state index contributed by atoms with van der Waals surface area (Å²) in [6, 6.07) is 4.54. The van der Waals surface area contributed by atoms with Crippen LogP contribution in [0.15, 0.2) is 48.2 Å². The van der Waals surface area contributed by atoms with Crippen molar-refractivity contribution in [1.82, 2.24) is 4.90 Å². The largest absolute Gasteiger partial charge is 0.509 e. The van der Waals surface area contributed by atoms with E-state index in [1.807, 2.05) is 0 Å². The third-order valence-corrected chi connectivity index (χ3v) is 5.76. The Labute approximate surface area is 202 Å². The number of allylic oxidation sites excluding steroid dienone is 1. The van der Waals surface area contributed by atoms with Crippen LogP contribution >= 0.6 is 0 Å². The number of nitro benzene ring substituents is 1. The van der Waals surface area contributed by atoms with Crippen molar-refractivity contribution in [2.75, 3.05) is 7.11 Å². The molecule has 0 spiro atoms. The molecule has 0 unspecified atom stereocenters. The molecule has 1 aromatic carbocycles. The molecule has 1 fully saturated rings. The second-order valence-corrected chi connectivity index (χ2v) is 8.51. The van der Waals surface area contributed by atoms with Gasteiger partial charge < -0.3 is 14.2 Å². The molecule has 1 aromatic rings. The Morgan fingerprint density at radius 3 is 2.37 bits per heavy atom. The highest BCUT2D eigenvalue weighted by Crippen LogP contribution is 2.49. The first-order valence-electron chi connectivity index (χ1n) is 10.6. The van der Waals surface area contributed by atoms with Crippen molar-refractivity contribution >= 4 is 23.7 Å². The molecule has 0 bridgehead atoms. The smallest absolute Gasteiger partial charge is 0.464 e. The maximum atomic E-state index is 13.4. The number of methoxy groups -OCH3 is 1. The molecule has 186 valence electrons. The van der Waals surface area contributed by atoms with Gasteiger partial charge in [0, 0.05) is 12.1 Å². The van der Waals surface area contributed by atoms with Crippen LogP contribution in [0, 0.1) is 16.7 Å². The quantitative estimate of drug-likeness (QED) is 0.0978. The molecular weight excluding hydrogens is 458 g/mol. The highest BCUT2D eigenvalue weighted by molar-refractivity contribution is 6.05. The molecule has 1 amide bonds. The third-order valence-electron chi connectivity index (χ3n) is 5.76. The molecule has 2 atom stereocenters. The summed E-state index contributed by atoms with van der Waals surface area (Å²) in [7, 11) is 1.19. The monoisotopic (exact) mass is 485 g/mol. The first-order chi connectivity index (χ1) is 16.4. The van der Waals surface area contributed by atoms with Gasteiger partial charge in [-0.2, -0.15) is 0 Å². The van der Waals surface area contributed by atoms with E-state index in [1.54, 1.807) is 13.8 Å². The number of hydrogen-bond donors (Lipinski definition) is 0. The fraction of sp³-hybridized carbons (Fsp3) is 0.417. The van der Waals surface area contributed by atoms with Crippen LogP contribution in [0.1, 0.15) is 39.7 Å². The van der Waals surface area contributed by atoms with E-state index in [-0.39, 0.29) is 24.4 Å². The van der Waals surface area contributed by atoms with Gasteiger partial charge in [0.2, 0.25) is 0 Å². The van der Waals surface area contributed by atoms with Crippen LogP contribution in [0.4, 0.5) is 10.5 Å². The second kappa shape index (κ2) is 10.4. The van der Waals surface area contributed by atoms with Gasteiger partial charge in [0.25, 0.3) is 5.69 Å². The Kier molecular flexibility index (Phi) is 8.02. The van der Waals surface area contributed by atoms with Crippen molar-refractivity contribution in [1.29, 1.82) is 0 Å². The first kappa shape index (κ1) is 27.0. The molecule has 11 nitrogen and oxygen atoms in total. The number of carbonyl (C=O) groups is 3. The number of β-lactam (4-membered cyclic amide) rings is 1. The van der Waals surface area contributed by atoms with Crippen molar-refractivity contribution in [3.05, 3.63) is 75.3 Å². The van der Waals surface area contributed by atoms with Crippen molar-refractivity contribution in [3.63, 3.8) is 0 Å². The summed E-state index contributed by atoms with van der Waals surface area (Å²) >= 11 is 0. The van der Waals surface area contributed by atoms with Crippen LogP contribution in [0.5, 0.6) is 0 Å². The molecule has 0 radical (unpaired) electrons. The van der Waals surface area contributed by atoms with Gasteiger partial charge in [0.1, 0.15) is 18.3 Å². The van der Waals surface area contributed by atoms with E-state index in [4.69, 9.17) is 20.8 Å². The van der Waals surface area contributed by atoms with Crippen LogP contribution in [0.3, 0.4) is 0 Å². The van der Waals surface area contributed by atoms with E-state index in [0.29, 0.717) is 11.1 Å². The lowest BCUT2D eigenvalue weighted by atomic mass is 9.66. The molecule has 1 heterocycles. The van der Waals surface area contributed by atoms with Crippen LogP contribution in [0.25, 0.3) is 4.85 Å². The summed E-state index contributed by atoms with van der Waals surface area (Å²) in [5, 5.41) is 10.8. The highest BCUT2D eigenvalue weighted by Gasteiger charge is 2.77. The zero-order chi connectivity index (χ0) is 26.6. The number of nitro groups is 1. The third kappa shape index (κ3) is 4.87. The van der Waals surface area contributed by atoms with E-state index in [9.17, 15) is 24.5 Å². The normalized spacial score (nSPS) is 19.0. The van der Waals surface area contributed by atoms with E-state index in [1.165, 1.54) is 56.2 Å². The van der Waals surface area contributed by atoms with Gasteiger partial charge in [-0.1, -0.05) is 6.08 Å². The van der Waals surface area contributed by atoms with Gasteiger partial charge in [-0.05, 0) is 57.4 Å². The zero-order valence-corrected chi connectivity index (χ0v) is 20.2. The first-order valence-corrected chi connectivity index (χ1v) is 10.6. The van der Waals surface area contributed by atoms with Gasteiger partial charge >= 0.3 is 23.6 Å². The lowest BCUT2D eigenvalue weighted by molar-refractivity contribution is -0.384. The number of nitrogens with zero attached hydrogens (tertiary/aromatic N) is 3. The number of amides is 1. The van der Waals surface area contributed by atoms with Gasteiger partial charge in [-0.25, -0.2) is 16.2 Å². The number of ether oxygens (including phenoxy) is 3. The summed E-state index contributed by atoms with van der Waals surface area (Å²) in [6.07, 6.45) is 0.523. The van der Waals surface area contributed by atoms with Gasteiger partial charge in [0.15, 0.2) is 5.60 Å². The van der Waals surface area contributed by atoms with Crippen molar-refractivity contribution in [2.24, 2.45) is 0 Å². The zero-order valence-electron chi connectivity index (χ0n) is 20.2. The Morgan fingerprint density at radius 2 is 1.91 bits per heavy atom. The molecule has 35 heavy (non-hydrogen) atoms. The van der Waals surface area contributed by atoms with E-state index in [2.05, 4.69) is 11.4 Å². The molecule has 0 aliphatic carbocycles. The number of carbonyl (C=O) groups excluding carboxylic acids is 3. The van der Waals surface area contributed by atoms with E-state index >= 15 is 0 Å². The second-order valence-electron chi connectivity index (χ2n) is 8.51. The predicted octanol–water partition coefficient (Wildman–Crippen LogP) is 3.94. The van der Waals surface area contributed by atoms with Crippen LogP contribution in [-0.2, 0) is 30.4 Å².